The van der Waals surface area contributed by atoms with Crippen molar-refractivity contribution in [1.82, 2.24) is 4.98 Å². The number of hydrogen-bond acceptors (Lipinski definition) is 5. The van der Waals surface area contributed by atoms with Gasteiger partial charge in [-0.2, -0.15) is 0 Å². The zero-order valence-corrected chi connectivity index (χ0v) is 14.4. The van der Waals surface area contributed by atoms with Gasteiger partial charge in [-0.3, -0.25) is 10.1 Å². The third-order valence-corrected chi connectivity index (χ3v) is 4.10. The highest BCUT2D eigenvalue weighted by atomic mass is 32.1. The van der Waals surface area contributed by atoms with Crippen molar-refractivity contribution in [2.75, 3.05) is 12.4 Å². The number of amides is 1. The maximum atomic E-state index is 13.8. The molecule has 3 aromatic rings. The summed E-state index contributed by atoms with van der Waals surface area (Å²) in [6.07, 6.45) is 2.95. The van der Waals surface area contributed by atoms with E-state index in [1.807, 2.05) is 13.0 Å². The Labute approximate surface area is 147 Å². The van der Waals surface area contributed by atoms with E-state index in [0.717, 1.165) is 5.76 Å². The van der Waals surface area contributed by atoms with E-state index in [2.05, 4.69) is 10.3 Å². The van der Waals surface area contributed by atoms with E-state index in [1.54, 1.807) is 23.6 Å². The number of anilines is 1. The molecule has 25 heavy (non-hydrogen) atoms. The molecule has 0 bridgehead atoms. The molecule has 0 atom stereocenters. The molecule has 0 fully saturated rings. The first-order valence-electron chi connectivity index (χ1n) is 7.40. The molecule has 5 nitrogen and oxygen atoms in total. The lowest BCUT2D eigenvalue weighted by atomic mass is 10.1. The normalized spacial score (nSPS) is 11.0. The van der Waals surface area contributed by atoms with E-state index >= 15 is 0 Å². The van der Waals surface area contributed by atoms with Gasteiger partial charge in [0.15, 0.2) is 16.7 Å². The van der Waals surface area contributed by atoms with Crippen LogP contribution in [0.1, 0.15) is 11.5 Å². The number of benzene rings is 1. The number of methoxy groups -OCH3 is 1. The van der Waals surface area contributed by atoms with E-state index < -0.39 is 5.82 Å². The van der Waals surface area contributed by atoms with Crippen LogP contribution in [-0.4, -0.2) is 18.0 Å². The summed E-state index contributed by atoms with van der Waals surface area (Å²) >= 11 is 1.26. The van der Waals surface area contributed by atoms with Gasteiger partial charge in [0.2, 0.25) is 5.91 Å². The van der Waals surface area contributed by atoms with Crippen LogP contribution in [0.2, 0.25) is 0 Å². The van der Waals surface area contributed by atoms with Crippen LogP contribution in [0.25, 0.3) is 17.3 Å². The molecule has 2 aromatic heterocycles. The molecule has 0 spiro atoms. The fourth-order valence-electron chi connectivity index (χ4n) is 2.14. The summed E-state index contributed by atoms with van der Waals surface area (Å²) in [6, 6.07) is 8.19. The summed E-state index contributed by atoms with van der Waals surface area (Å²) in [6.45, 7) is 1.83. The quantitative estimate of drug-likeness (QED) is 0.682. The van der Waals surface area contributed by atoms with Gasteiger partial charge in [-0.05, 0) is 43.3 Å². The van der Waals surface area contributed by atoms with Crippen LogP contribution < -0.4 is 10.1 Å². The number of furan rings is 1. The zero-order chi connectivity index (χ0) is 17.8. The van der Waals surface area contributed by atoms with Crippen molar-refractivity contribution in [3.63, 3.8) is 0 Å². The van der Waals surface area contributed by atoms with Gasteiger partial charge in [0.05, 0.1) is 12.8 Å². The maximum absolute atomic E-state index is 13.8. The summed E-state index contributed by atoms with van der Waals surface area (Å²) in [5.41, 5.74) is 1.18. The predicted molar refractivity (Wildman–Crippen MR) is 95.2 cm³/mol. The Hall–Kier alpha value is -2.93. The van der Waals surface area contributed by atoms with Crippen molar-refractivity contribution in [2.45, 2.75) is 6.92 Å². The fraction of sp³-hybridized carbons (Fsp3) is 0.111. The SMILES string of the molecule is COc1ccc(-c2csc(NC(=O)/C=C/c3ccc(C)o3)n2)cc1F. The van der Waals surface area contributed by atoms with Crippen molar-refractivity contribution < 1.29 is 18.3 Å². The molecule has 0 saturated heterocycles. The van der Waals surface area contributed by atoms with Crippen molar-refractivity contribution in [3.05, 3.63) is 59.1 Å². The van der Waals surface area contributed by atoms with Crippen LogP contribution >= 0.6 is 11.3 Å². The molecule has 0 aliphatic carbocycles. The molecular weight excluding hydrogens is 343 g/mol. The largest absolute Gasteiger partial charge is 0.494 e. The first-order chi connectivity index (χ1) is 12.0. The van der Waals surface area contributed by atoms with E-state index in [0.29, 0.717) is 22.1 Å². The number of aryl methyl sites for hydroxylation is 1. The maximum Gasteiger partial charge on any atom is 0.250 e. The lowest BCUT2D eigenvalue weighted by Crippen LogP contribution is -2.07. The van der Waals surface area contributed by atoms with Gasteiger partial charge in [-0.1, -0.05) is 0 Å². The van der Waals surface area contributed by atoms with E-state index in [9.17, 15) is 9.18 Å². The lowest BCUT2D eigenvalue weighted by molar-refractivity contribution is -0.111. The van der Waals surface area contributed by atoms with Crippen LogP contribution in [-0.2, 0) is 4.79 Å². The molecule has 0 aliphatic rings. The van der Waals surface area contributed by atoms with Gasteiger partial charge < -0.3 is 9.15 Å². The molecule has 1 amide bonds. The van der Waals surface area contributed by atoms with Crippen molar-refractivity contribution >= 4 is 28.5 Å². The van der Waals surface area contributed by atoms with Gasteiger partial charge in [0, 0.05) is 17.0 Å². The van der Waals surface area contributed by atoms with Crippen molar-refractivity contribution in [3.8, 4) is 17.0 Å². The first kappa shape index (κ1) is 16.9. The molecule has 7 heteroatoms. The molecule has 2 heterocycles. The number of carbonyl (C=O) groups is 1. The smallest absolute Gasteiger partial charge is 0.250 e. The first-order valence-corrected chi connectivity index (χ1v) is 8.28. The summed E-state index contributed by atoms with van der Waals surface area (Å²) < 4.78 is 24.0. The highest BCUT2D eigenvalue weighted by Crippen LogP contribution is 2.28. The number of nitrogens with zero attached hydrogens (tertiary/aromatic N) is 1. The number of hydrogen-bond donors (Lipinski definition) is 1. The van der Waals surface area contributed by atoms with Crippen LogP contribution in [0.4, 0.5) is 9.52 Å². The van der Waals surface area contributed by atoms with Crippen LogP contribution in [0.5, 0.6) is 5.75 Å². The third-order valence-electron chi connectivity index (χ3n) is 3.34. The minimum atomic E-state index is -0.463. The summed E-state index contributed by atoms with van der Waals surface area (Å²) in [4.78, 5) is 16.2. The zero-order valence-electron chi connectivity index (χ0n) is 13.6. The van der Waals surface area contributed by atoms with Gasteiger partial charge >= 0.3 is 0 Å². The van der Waals surface area contributed by atoms with E-state index in [1.165, 1.54) is 36.7 Å². The van der Waals surface area contributed by atoms with Crippen molar-refractivity contribution in [1.29, 1.82) is 0 Å². The van der Waals surface area contributed by atoms with Gasteiger partial charge in [-0.25, -0.2) is 9.37 Å². The Morgan fingerprint density at radius 2 is 2.20 bits per heavy atom. The van der Waals surface area contributed by atoms with E-state index in [4.69, 9.17) is 9.15 Å². The third kappa shape index (κ3) is 4.13. The number of ether oxygens (including phenoxy) is 1. The number of rotatable bonds is 5. The van der Waals surface area contributed by atoms with Gasteiger partial charge in [-0.15, -0.1) is 11.3 Å². The molecule has 3 rings (SSSR count). The van der Waals surface area contributed by atoms with Crippen LogP contribution in [0.3, 0.4) is 0 Å². The Morgan fingerprint density at radius 1 is 1.36 bits per heavy atom. The highest BCUT2D eigenvalue weighted by molar-refractivity contribution is 7.14. The fourth-order valence-corrected chi connectivity index (χ4v) is 2.86. The molecular formula is C18H15FN2O3S. The topological polar surface area (TPSA) is 64.4 Å². The number of halogens is 1. The van der Waals surface area contributed by atoms with Gasteiger partial charge in [0.25, 0.3) is 0 Å². The second-order valence-electron chi connectivity index (χ2n) is 5.16. The predicted octanol–water partition coefficient (Wildman–Crippen LogP) is 4.51. The number of thiazole rings is 1. The molecule has 0 aliphatic heterocycles. The Morgan fingerprint density at radius 3 is 2.88 bits per heavy atom. The number of nitrogens with one attached hydrogen (secondary N) is 1. The summed E-state index contributed by atoms with van der Waals surface area (Å²) in [5.74, 6) is 0.759. The van der Waals surface area contributed by atoms with E-state index in [-0.39, 0.29) is 11.7 Å². The molecule has 128 valence electrons. The monoisotopic (exact) mass is 358 g/mol. The molecule has 1 N–H and O–H groups in total. The Kier molecular flexibility index (Phi) is 4.95. The Balaban J connectivity index is 1.68. The second-order valence-corrected chi connectivity index (χ2v) is 6.02. The van der Waals surface area contributed by atoms with Crippen LogP contribution in [0, 0.1) is 12.7 Å². The Bertz CT molecular complexity index is 930. The molecule has 0 radical (unpaired) electrons. The average molecular weight is 358 g/mol. The molecule has 0 saturated carbocycles. The van der Waals surface area contributed by atoms with Crippen molar-refractivity contribution in [2.24, 2.45) is 0 Å². The summed E-state index contributed by atoms with van der Waals surface area (Å²) in [5, 5.41) is 4.84. The second kappa shape index (κ2) is 7.31. The van der Waals surface area contributed by atoms with Crippen LogP contribution in [0.15, 0.2) is 46.2 Å². The number of carbonyl (C=O) groups excluding carboxylic acids is 1. The minimum absolute atomic E-state index is 0.172. The minimum Gasteiger partial charge on any atom is -0.494 e. The molecule has 1 aromatic carbocycles. The standard InChI is InChI=1S/C18H15FN2O3S/c1-11-3-5-13(24-11)6-8-17(22)21-18-20-15(10-25-18)12-4-7-16(23-2)14(19)9-12/h3-10H,1-2H3,(H,20,21,22)/b8-6+. The van der Waals surface area contributed by atoms with Gasteiger partial charge in [0.1, 0.15) is 11.5 Å². The summed E-state index contributed by atoms with van der Waals surface area (Å²) in [7, 11) is 1.41. The highest BCUT2D eigenvalue weighted by Gasteiger charge is 2.10. The lowest BCUT2D eigenvalue weighted by Gasteiger charge is -2.03. The average Bonchev–Trinajstić information content (AvgIpc) is 3.22. The molecule has 0 unspecified atom stereocenters. The number of aromatic nitrogens is 1.